The first-order valence-electron chi connectivity index (χ1n) is 4.71. The van der Waals surface area contributed by atoms with E-state index in [9.17, 15) is 0 Å². The topological polar surface area (TPSA) is 42.2 Å². The van der Waals surface area contributed by atoms with Crippen LogP contribution in [0, 0.1) is 11.3 Å². The van der Waals surface area contributed by atoms with E-state index in [0.29, 0.717) is 17.9 Å². The molecule has 0 aliphatic rings. The molecular weight excluding hydrogens is 338 g/mol. The lowest BCUT2D eigenvalue weighted by Gasteiger charge is -2.13. The van der Waals surface area contributed by atoms with Crippen molar-refractivity contribution in [3.8, 4) is 17.6 Å². The Kier molecular flexibility index (Phi) is 5.10. The van der Waals surface area contributed by atoms with Crippen LogP contribution in [-0.2, 0) is 0 Å². The van der Waals surface area contributed by atoms with Gasteiger partial charge in [-0.3, -0.25) is 0 Å². The second kappa shape index (κ2) is 6.12. The first-order chi connectivity index (χ1) is 7.62. The molecule has 86 valence electrons. The van der Waals surface area contributed by atoms with E-state index in [1.807, 2.05) is 6.92 Å². The molecule has 0 bridgehead atoms. The second-order valence-electron chi connectivity index (χ2n) is 3.06. The highest BCUT2D eigenvalue weighted by Crippen LogP contribution is 2.36. The summed E-state index contributed by atoms with van der Waals surface area (Å²) in [6.07, 6.45) is 0.212. The van der Waals surface area contributed by atoms with E-state index in [1.54, 1.807) is 19.2 Å². The molecule has 5 heteroatoms. The number of benzene rings is 1. The fourth-order valence-corrected chi connectivity index (χ4v) is 2.01. The van der Waals surface area contributed by atoms with Gasteiger partial charge in [-0.15, -0.1) is 0 Å². The maximum atomic E-state index is 8.82. The Balaban J connectivity index is 2.98. The van der Waals surface area contributed by atoms with Gasteiger partial charge in [-0.1, -0.05) is 6.92 Å². The van der Waals surface area contributed by atoms with E-state index in [2.05, 4.69) is 37.9 Å². The maximum Gasteiger partial charge on any atom is 0.184 e. The summed E-state index contributed by atoms with van der Waals surface area (Å²) in [5.74, 6) is 1.34. The molecule has 0 aliphatic carbocycles. The molecule has 0 radical (unpaired) electrons. The van der Waals surface area contributed by atoms with Gasteiger partial charge in [0.15, 0.2) is 6.10 Å². The van der Waals surface area contributed by atoms with Gasteiger partial charge in [0.25, 0.3) is 0 Å². The minimum atomic E-state index is -0.434. The summed E-state index contributed by atoms with van der Waals surface area (Å²) in [6, 6.07) is 5.66. The van der Waals surface area contributed by atoms with Crippen LogP contribution >= 0.6 is 31.9 Å². The summed E-state index contributed by atoms with van der Waals surface area (Å²) in [5.41, 5.74) is 0. The summed E-state index contributed by atoms with van der Waals surface area (Å²) < 4.78 is 12.2. The van der Waals surface area contributed by atoms with Gasteiger partial charge in [-0.05, 0) is 50.4 Å². The molecule has 0 fully saturated rings. The van der Waals surface area contributed by atoms with Gasteiger partial charge in [-0.25, -0.2) is 0 Å². The monoisotopic (exact) mass is 347 g/mol. The number of hydrogen-bond donors (Lipinski definition) is 0. The molecule has 1 aromatic carbocycles. The lowest BCUT2D eigenvalue weighted by atomic mass is 10.3. The van der Waals surface area contributed by atoms with Crippen LogP contribution in [0.2, 0.25) is 0 Å². The Morgan fingerprint density at radius 1 is 1.31 bits per heavy atom. The first kappa shape index (κ1) is 13.3. The number of methoxy groups -OCH3 is 1. The van der Waals surface area contributed by atoms with E-state index >= 15 is 0 Å². The molecule has 0 heterocycles. The van der Waals surface area contributed by atoms with E-state index in [1.165, 1.54) is 0 Å². The molecule has 16 heavy (non-hydrogen) atoms. The van der Waals surface area contributed by atoms with Gasteiger partial charge in [0.2, 0.25) is 0 Å². The third kappa shape index (κ3) is 3.13. The number of halogens is 2. The van der Waals surface area contributed by atoms with Gasteiger partial charge < -0.3 is 9.47 Å². The first-order valence-corrected chi connectivity index (χ1v) is 6.30. The minimum absolute atomic E-state index is 0.434. The van der Waals surface area contributed by atoms with Gasteiger partial charge in [0.1, 0.15) is 17.6 Å². The summed E-state index contributed by atoms with van der Waals surface area (Å²) in [5, 5.41) is 8.82. The van der Waals surface area contributed by atoms with Crippen LogP contribution in [0.15, 0.2) is 21.1 Å². The molecule has 0 aliphatic heterocycles. The van der Waals surface area contributed by atoms with Crippen LogP contribution in [-0.4, -0.2) is 13.2 Å². The summed E-state index contributed by atoms with van der Waals surface area (Å²) >= 11 is 6.74. The third-order valence-corrected chi connectivity index (χ3v) is 3.23. The number of nitriles is 1. The lowest BCUT2D eigenvalue weighted by Crippen LogP contribution is -2.12. The van der Waals surface area contributed by atoms with E-state index in [4.69, 9.17) is 14.7 Å². The Morgan fingerprint density at radius 3 is 2.38 bits per heavy atom. The van der Waals surface area contributed by atoms with Crippen molar-refractivity contribution in [3.05, 3.63) is 21.1 Å². The molecule has 0 saturated heterocycles. The molecule has 1 atom stereocenters. The summed E-state index contributed by atoms with van der Waals surface area (Å²) in [7, 11) is 1.59. The number of hydrogen-bond acceptors (Lipinski definition) is 3. The average Bonchev–Trinajstić information content (AvgIpc) is 2.29. The molecular formula is C11H11Br2NO2. The fraction of sp³-hybridized carbons (Fsp3) is 0.364. The zero-order valence-electron chi connectivity index (χ0n) is 8.96. The minimum Gasteiger partial charge on any atom is -0.496 e. The van der Waals surface area contributed by atoms with Crippen molar-refractivity contribution in [1.29, 1.82) is 5.26 Å². The van der Waals surface area contributed by atoms with E-state index < -0.39 is 6.10 Å². The summed E-state index contributed by atoms with van der Waals surface area (Å²) in [6.45, 7) is 1.90. The van der Waals surface area contributed by atoms with Gasteiger partial charge >= 0.3 is 0 Å². The molecule has 1 aromatic rings. The molecule has 1 unspecified atom stereocenters. The molecule has 0 N–H and O–H groups in total. The maximum absolute atomic E-state index is 8.82. The Morgan fingerprint density at radius 2 is 1.88 bits per heavy atom. The van der Waals surface area contributed by atoms with E-state index in [0.717, 1.165) is 8.95 Å². The van der Waals surface area contributed by atoms with Crippen molar-refractivity contribution in [3.63, 3.8) is 0 Å². The Labute approximate surface area is 112 Å². The molecule has 0 aromatic heterocycles. The zero-order chi connectivity index (χ0) is 12.1. The SMILES string of the molecule is CCC(C#N)Oc1cc(Br)c(OC)cc1Br. The van der Waals surface area contributed by atoms with Crippen LogP contribution in [0.3, 0.4) is 0 Å². The largest absolute Gasteiger partial charge is 0.496 e. The smallest absolute Gasteiger partial charge is 0.184 e. The highest BCUT2D eigenvalue weighted by atomic mass is 79.9. The molecule has 0 spiro atoms. The van der Waals surface area contributed by atoms with Crippen molar-refractivity contribution in [2.45, 2.75) is 19.4 Å². The quantitative estimate of drug-likeness (QED) is 0.828. The van der Waals surface area contributed by atoms with Gasteiger partial charge in [-0.2, -0.15) is 5.26 Å². The van der Waals surface area contributed by atoms with Gasteiger partial charge in [0, 0.05) is 0 Å². The number of ether oxygens (including phenoxy) is 2. The van der Waals surface area contributed by atoms with Crippen molar-refractivity contribution in [1.82, 2.24) is 0 Å². The van der Waals surface area contributed by atoms with Crippen molar-refractivity contribution < 1.29 is 9.47 Å². The van der Waals surface area contributed by atoms with Crippen molar-refractivity contribution in [2.24, 2.45) is 0 Å². The predicted molar refractivity (Wildman–Crippen MR) is 68.7 cm³/mol. The summed E-state index contributed by atoms with van der Waals surface area (Å²) in [4.78, 5) is 0. The predicted octanol–water partition coefficient (Wildman–Crippen LogP) is 3.90. The van der Waals surface area contributed by atoms with Crippen LogP contribution < -0.4 is 9.47 Å². The highest BCUT2D eigenvalue weighted by Gasteiger charge is 2.12. The lowest BCUT2D eigenvalue weighted by molar-refractivity contribution is 0.249. The Hall–Kier alpha value is -0.730. The number of rotatable bonds is 4. The van der Waals surface area contributed by atoms with Crippen molar-refractivity contribution in [2.75, 3.05) is 7.11 Å². The standard InChI is InChI=1S/C11H11Br2NO2/c1-3-7(6-14)16-11-5-8(12)10(15-2)4-9(11)13/h4-5,7H,3H2,1-2H3. The highest BCUT2D eigenvalue weighted by molar-refractivity contribution is 9.11. The molecule has 3 nitrogen and oxygen atoms in total. The normalized spacial score (nSPS) is 11.7. The fourth-order valence-electron chi connectivity index (χ4n) is 1.11. The Bertz CT molecular complexity index is 415. The molecule has 1 rings (SSSR count). The van der Waals surface area contributed by atoms with Crippen LogP contribution in [0.1, 0.15) is 13.3 Å². The van der Waals surface area contributed by atoms with Crippen molar-refractivity contribution >= 4 is 31.9 Å². The van der Waals surface area contributed by atoms with Crippen LogP contribution in [0.25, 0.3) is 0 Å². The van der Waals surface area contributed by atoms with Crippen LogP contribution in [0.5, 0.6) is 11.5 Å². The van der Waals surface area contributed by atoms with E-state index in [-0.39, 0.29) is 0 Å². The zero-order valence-corrected chi connectivity index (χ0v) is 12.1. The number of nitrogens with zero attached hydrogens (tertiary/aromatic N) is 1. The average molecular weight is 349 g/mol. The second-order valence-corrected chi connectivity index (χ2v) is 4.77. The third-order valence-electron chi connectivity index (χ3n) is 1.99. The van der Waals surface area contributed by atoms with Gasteiger partial charge in [0.05, 0.1) is 16.1 Å². The molecule has 0 amide bonds. The van der Waals surface area contributed by atoms with Crippen LogP contribution in [0.4, 0.5) is 0 Å². The molecule has 0 saturated carbocycles.